The summed E-state index contributed by atoms with van der Waals surface area (Å²) in [6, 6.07) is 17.6. The van der Waals surface area contributed by atoms with Gasteiger partial charge in [-0.15, -0.1) is 0 Å². The van der Waals surface area contributed by atoms with Crippen LogP contribution in [0.4, 0.5) is 11.4 Å². The molecule has 0 fully saturated rings. The highest BCUT2D eigenvalue weighted by molar-refractivity contribution is 8.01. The third kappa shape index (κ3) is 4.21. The average molecular weight is 438 g/mol. The first-order chi connectivity index (χ1) is 14.0. The molecule has 1 aliphatic carbocycles. The molecule has 2 aliphatic rings. The van der Waals surface area contributed by atoms with E-state index in [1.807, 2.05) is 11.8 Å². The monoisotopic (exact) mass is 437 g/mol. The first-order valence-corrected chi connectivity index (χ1v) is 10.7. The number of halogens is 1. The van der Waals surface area contributed by atoms with Crippen LogP contribution in [-0.2, 0) is 0 Å². The standard InChI is InChI=1S/C25H28N3S.ClH/c1-26(2)20-14-10-18(11-15-20)24(19-12-16-21(17-13-19)27(3)4)25-28(5)22-8-6-7-9-23(22)29-25;/h6-17,25H,1-5H3;1H/q+1;/p-1. The second-order valence-corrected chi connectivity index (χ2v) is 8.97. The van der Waals surface area contributed by atoms with Crippen molar-refractivity contribution >= 4 is 34.4 Å². The minimum Gasteiger partial charge on any atom is -1.00 e. The Labute approximate surface area is 190 Å². The number of thioether (sulfide) groups is 1. The number of fused-ring (bicyclic) bond motifs is 1. The fraction of sp³-hybridized carbons (Fsp3) is 0.240. The van der Waals surface area contributed by atoms with Crippen molar-refractivity contribution in [3.8, 4) is 0 Å². The van der Waals surface area contributed by atoms with E-state index in [-0.39, 0.29) is 17.8 Å². The lowest BCUT2D eigenvalue weighted by Gasteiger charge is -2.27. The molecule has 0 amide bonds. The SMILES string of the molecule is CN(C)c1ccc(C(=C2C=CC(=[N+](C)C)C=C2)C2Sc3ccccc3N2C)cc1.[Cl-]. The molecule has 0 radical (unpaired) electrons. The predicted octanol–water partition coefficient (Wildman–Crippen LogP) is 1.92. The van der Waals surface area contributed by atoms with Gasteiger partial charge in [0, 0.05) is 43.9 Å². The summed E-state index contributed by atoms with van der Waals surface area (Å²) in [5.41, 5.74) is 7.62. The van der Waals surface area contributed by atoms with Crippen LogP contribution in [0.5, 0.6) is 0 Å². The van der Waals surface area contributed by atoms with Crippen molar-refractivity contribution in [1.82, 2.24) is 0 Å². The molecule has 3 nitrogen and oxygen atoms in total. The Balaban J connectivity index is 0.00000256. The molecule has 0 saturated heterocycles. The quantitative estimate of drug-likeness (QED) is 0.679. The van der Waals surface area contributed by atoms with Crippen LogP contribution in [0.3, 0.4) is 0 Å². The summed E-state index contributed by atoms with van der Waals surface area (Å²) < 4.78 is 2.14. The zero-order chi connectivity index (χ0) is 20.5. The van der Waals surface area contributed by atoms with Gasteiger partial charge in [0.05, 0.1) is 5.69 Å². The summed E-state index contributed by atoms with van der Waals surface area (Å²) in [6.07, 6.45) is 8.91. The highest BCUT2D eigenvalue weighted by Crippen LogP contribution is 2.48. The van der Waals surface area contributed by atoms with E-state index in [1.54, 1.807) is 0 Å². The number of likely N-dealkylation sites (N-methyl/N-ethyl adjacent to an activating group) is 1. The summed E-state index contributed by atoms with van der Waals surface area (Å²) >= 11 is 1.93. The fourth-order valence-electron chi connectivity index (χ4n) is 3.76. The number of hydrogen-bond acceptors (Lipinski definition) is 3. The fourth-order valence-corrected chi connectivity index (χ4v) is 5.15. The lowest BCUT2D eigenvalue weighted by Crippen LogP contribution is -3.00. The number of rotatable bonds is 3. The van der Waals surface area contributed by atoms with E-state index in [2.05, 4.69) is 122 Å². The molecule has 2 aromatic rings. The summed E-state index contributed by atoms with van der Waals surface area (Å²) in [6.45, 7) is 0. The smallest absolute Gasteiger partial charge is 0.199 e. The maximum Gasteiger partial charge on any atom is 0.199 e. The highest BCUT2D eigenvalue weighted by Gasteiger charge is 2.32. The Hall–Kier alpha value is -2.43. The molecule has 5 heteroatoms. The Morgan fingerprint density at radius 2 is 1.57 bits per heavy atom. The summed E-state index contributed by atoms with van der Waals surface area (Å²) in [4.78, 5) is 5.88. The van der Waals surface area contributed by atoms with Gasteiger partial charge in [-0.05, 0) is 53.1 Å². The van der Waals surface area contributed by atoms with Gasteiger partial charge in [-0.1, -0.05) is 36.0 Å². The molecule has 0 N–H and O–H groups in total. The lowest BCUT2D eigenvalue weighted by molar-refractivity contribution is -0.462. The van der Waals surface area contributed by atoms with E-state index >= 15 is 0 Å². The second kappa shape index (κ2) is 9.15. The van der Waals surface area contributed by atoms with Gasteiger partial charge in [0.2, 0.25) is 0 Å². The van der Waals surface area contributed by atoms with Crippen molar-refractivity contribution in [3.05, 3.63) is 84.0 Å². The zero-order valence-corrected chi connectivity index (χ0v) is 19.7. The van der Waals surface area contributed by atoms with Crippen LogP contribution in [-0.4, -0.2) is 50.9 Å². The van der Waals surface area contributed by atoms with Gasteiger partial charge in [-0.25, -0.2) is 4.58 Å². The first-order valence-electron chi connectivity index (χ1n) is 9.86. The normalized spacial score (nSPS) is 17.0. The van der Waals surface area contributed by atoms with Crippen LogP contribution >= 0.6 is 11.8 Å². The van der Waals surface area contributed by atoms with Crippen molar-refractivity contribution in [2.75, 3.05) is 45.0 Å². The molecular formula is C25H28ClN3S. The van der Waals surface area contributed by atoms with Crippen LogP contribution < -0.4 is 22.2 Å². The predicted molar refractivity (Wildman–Crippen MR) is 128 cm³/mol. The van der Waals surface area contributed by atoms with Gasteiger partial charge in [0.25, 0.3) is 0 Å². The van der Waals surface area contributed by atoms with Gasteiger partial charge in [0.15, 0.2) is 5.71 Å². The van der Waals surface area contributed by atoms with Crippen LogP contribution in [0.15, 0.2) is 83.3 Å². The van der Waals surface area contributed by atoms with Crippen LogP contribution in [0.2, 0.25) is 0 Å². The topological polar surface area (TPSA) is 9.49 Å². The zero-order valence-electron chi connectivity index (χ0n) is 18.1. The molecule has 0 saturated carbocycles. The second-order valence-electron chi connectivity index (χ2n) is 7.85. The molecule has 2 aromatic carbocycles. The molecule has 0 bridgehead atoms. The van der Waals surface area contributed by atoms with Crippen LogP contribution in [0, 0.1) is 0 Å². The van der Waals surface area contributed by atoms with Gasteiger partial charge < -0.3 is 22.2 Å². The largest absolute Gasteiger partial charge is 1.00 e. The number of nitrogens with zero attached hydrogens (tertiary/aromatic N) is 3. The van der Waals surface area contributed by atoms with Crippen LogP contribution in [0.1, 0.15) is 5.56 Å². The summed E-state index contributed by atoms with van der Waals surface area (Å²) in [5.74, 6) is 0. The maximum absolute atomic E-state index is 2.40. The minimum atomic E-state index is 0. The molecule has 156 valence electrons. The molecule has 0 spiro atoms. The van der Waals surface area contributed by atoms with Crippen molar-refractivity contribution in [2.24, 2.45) is 0 Å². The highest BCUT2D eigenvalue weighted by atomic mass is 35.5. The average Bonchev–Trinajstić information content (AvgIpc) is 3.05. The molecule has 1 aliphatic heterocycles. The number of hydrogen-bond donors (Lipinski definition) is 0. The lowest BCUT2D eigenvalue weighted by atomic mass is 9.95. The number of allylic oxidation sites excluding steroid dienone is 5. The Kier molecular flexibility index (Phi) is 6.79. The van der Waals surface area contributed by atoms with Crippen LogP contribution in [0.25, 0.3) is 5.57 Å². The Morgan fingerprint density at radius 3 is 2.13 bits per heavy atom. The Bertz CT molecular complexity index is 1030. The van der Waals surface area contributed by atoms with Gasteiger partial charge in [0.1, 0.15) is 19.5 Å². The first kappa shape index (κ1) is 22.3. The maximum atomic E-state index is 2.40. The van der Waals surface area contributed by atoms with Crippen molar-refractivity contribution in [2.45, 2.75) is 10.3 Å². The molecule has 30 heavy (non-hydrogen) atoms. The molecule has 1 unspecified atom stereocenters. The molecule has 4 rings (SSSR count). The van der Waals surface area contributed by atoms with Gasteiger partial charge in [-0.2, -0.15) is 0 Å². The van der Waals surface area contributed by atoms with Crippen molar-refractivity contribution < 1.29 is 17.0 Å². The summed E-state index contributed by atoms with van der Waals surface area (Å²) in [5, 5.41) is 0.239. The third-order valence-corrected chi connectivity index (χ3v) is 6.85. The molecular weight excluding hydrogens is 410 g/mol. The minimum absolute atomic E-state index is 0. The van der Waals surface area contributed by atoms with E-state index in [4.69, 9.17) is 0 Å². The molecule has 0 aromatic heterocycles. The van der Waals surface area contributed by atoms with E-state index in [1.165, 1.54) is 38.7 Å². The van der Waals surface area contributed by atoms with Crippen molar-refractivity contribution in [1.29, 1.82) is 0 Å². The van der Waals surface area contributed by atoms with E-state index in [9.17, 15) is 0 Å². The third-order valence-electron chi connectivity index (χ3n) is 5.47. The number of para-hydroxylation sites is 1. The Morgan fingerprint density at radius 1 is 0.933 bits per heavy atom. The molecule has 1 heterocycles. The molecule has 1 atom stereocenters. The van der Waals surface area contributed by atoms with Gasteiger partial charge in [-0.3, -0.25) is 0 Å². The van der Waals surface area contributed by atoms with Crippen molar-refractivity contribution in [3.63, 3.8) is 0 Å². The van der Waals surface area contributed by atoms with Gasteiger partial charge >= 0.3 is 0 Å². The van der Waals surface area contributed by atoms with E-state index in [0.29, 0.717) is 0 Å². The number of benzene rings is 2. The van der Waals surface area contributed by atoms with E-state index in [0.717, 1.165) is 0 Å². The van der Waals surface area contributed by atoms with E-state index < -0.39 is 0 Å². The summed E-state index contributed by atoms with van der Waals surface area (Å²) in [7, 11) is 10.5. The number of anilines is 2.